The van der Waals surface area contributed by atoms with E-state index in [1.165, 1.54) is 19.3 Å². The third-order valence-electron chi connectivity index (χ3n) is 7.31. The fraction of sp³-hybridized carbons (Fsp3) is 0.941. The zero-order chi connectivity index (χ0) is 14.5. The number of hydrogen-bond acceptors (Lipinski definition) is 2. The molecule has 0 saturated heterocycles. The van der Waals surface area contributed by atoms with Crippen LogP contribution in [0.4, 0.5) is 0 Å². The van der Waals surface area contributed by atoms with E-state index in [0.29, 0.717) is 22.9 Å². The van der Waals surface area contributed by atoms with Gasteiger partial charge in [-0.3, -0.25) is 4.79 Å². The third kappa shape index (κ3) is 2.01. The van der Waals surface area contributed by atoms with Gasteiger partial charge >= 0.3 is 5.97 Å². The molecule has 3 rings (SSSR count). The van der Waals surface area contributed by atoms with Crippen molar-refractivity contribution in [2.24, 2.45) is 22.7 Å². The summed E-state index contributed by atoms with van der Waals surface area (Å²) in [7, 11) is 0. The van der Waals surface area contributed by atoms with E-state index >= 15 is 0 Å². The molecule has 0 spiro atoms. The molecule has 3 aliphatic carbocycles. The second-order valence-corrected chi connectivity index (χ2v) is 8.22. The van der Waals surface area contributed by atoms with Crippen LogP contribution in [0.15, 0.2) is 0 Å². The molecule has 0 aliphatic heterocycles. The van der Waals surface area contributed by atoms with Crippen LogP contribution < -0.4 is 5.32 Å². The molecule has 114 valence electrons. The van der Waals surface area contributed by atoms with Crippen LogP contribution in [0.2, 0.25) is 0 Å². The standard InChI is InChI=1S/C17H29NO2/c1-16(2)12-8-9-17(16,3)14(10-12)18-13-6-4-11(5-7-13)15(19)20/h11-14,18H,4-10H2,1-3H3,(H,19,20). The van der Waals surface area contributed by atoms with Gasteiger partial charge in [0, 0.05) is 12.1 Å². The summed E-state index contributed by atoms with van der Waals surface area (Å²) in [6.07, 6.45) is 7.85. The second kappa shape index (κ2) is 4.72. The maximum Gasteiger partial charge on any atom is 0.306 e. The molecule has 2 bridgehead atoms. The van der Waals surface area contributed by atoms with Crippen LogP contribution in [0.25, 0.3) is 0 Å². The monoisotopic (exact) mass is 279 g/mol. The molecule has 3 saturated carbocycles. The van der Waals surface area contributed by atoms with E-state index in [2.05, 4.69) is 26.1 Å². The van der Waals surface area contributed by atoms with Crippen molar-refractivity contribution in [2.75, 3.05) is 0 Å². The van der Waals surface area contributed by atoms with Crippen molar-refractivity contribution in [1.82, 2.24) is 5.32 Å². The summed E-state index contributed by atoms with van der Waals surface area (Å²) < 4.78 is 0. The van der Waals surface area contributed by atoms with Crippen molar-refractivity contribution < 1.29 is 9.90 Å². The molecule has 20 heavy (non-hydrogen) atoms. The number of nitrogens with one attached hydrogen (secondary N) is 1. The number of carbonyl (C=O) groups is 1. The normalized spacial score (nSPS) is 46.5. The molecule has 0 aromatic heterocycles. The largest absolute Gasteiger partial charge is 0.481 e. The Labute approximate surface area is 122 Å². The molecule has 3 fully saturated rings. The van der Waals surface area contributed by atoms with Gasteiger partial charge in [0.2, 0.25) is 0 Å². The summed E-state index contributed by atoms with van der Waals surface area (Å²) in [6, 6.07) is 1.19. The SMILES string of the molecule is CC1(C)C2CCC1(C)C(NC1CCC(C(=O)O)CC1)C2. The summed E-state index contributed by atoms with van der Waals surface area (Å²) in [4.78, 5) is 11.0. The molecule has 0 aromatic rings. The molecular weight excluding hydrogens is 250 g/mol. The minimum absolute atomic E-state index is 0.0971. The van der Waals surface area contributed by atoms with Gasteiger partial charge in [-0.2, -0.15) is 0 Å². The summed E-state index contributed by atoms with van der Waals surface area (Å²) in [5.41, 5.74) is 0.893. The van der Waals surface area contributed by atoms with E-state index in [4.69, 9.17) is 5.11 Å². The highest BCUT2D eigenvalue weighted by Crippen LogP contribution is 2.65. The van der Waals surface area contributed by atoms with E-state index in [9.17, 15) is 4.79 Å². The van der Waals surface area contributed by atoms with Crippen LogP contribution in [-0.4, -0.2) is 23.2 Å². The maximum atomic E-state index is 11.0. The third-order valence-corrected chi connectivity index (χ3v) is 7.31. The van der Waals surface area contributed by atoms with Gasteiger partial charge < -0.3 is 10.4 Å². The number of carboxylic acids is 1. The Balaban J connectivity index is 1.59. The predicted molar refractivity (Wildman–Crippen MR) is 79.5 cm³/mol. The molecule has 3 nitrogen and oxygen atoms in total. The average molecular weight is 279 g/mol. The van der Waals surface area contributed by atoms with Crippen LogP contribution in [0.1, 0.15) is 65.7 Å². The Hall–Kier alpha value is -0.570. The smallest absolute Gasteiger partial charge is 0.306 e. The van der Waals surface area contributed by atoms with Crippen LogP contribution in [0.5, 0.6) is 0 Å². The highest BCUT2D eigenvalue weighted by Gasteiger charge is 2.61. The fourth-order valence-electron chi connectivity index (χ4n) is 5.25. The van der Waals surface area contributed by atoms with Crippen LogP contribution in [-0.2, 0) is 4.79 Å². The topological polar surface area (TPSA) is 49.3 Å². The molecule has 2 N–H and O–H groups in total. The first-order valence-electron chi connectivity index (χ1n) is 8.33. The second-order valence-electron chi connectivity index (χ2n) is 8.22. The van der Waals surface area contributed by atoms with Crippen molar-refractivity contribution in [3.05, 3.63) is 0 Å². The lowest BCUT2D eigenvalue weighted by molar-refractivity contribution is -0.142. The maximum absolute atomic E-state index is 11.0. The summed E-state index contributed by atoms with van der Waals surface area (Å²) in [5.74, 6) is 0.178. The van der Waals surface area contributed by atoms with Crippen molar-refractivity contribution in [2.45, 2.75) is 77.8 Å². The number of carboxylic acid groups (broad SMARTS) is 1. The summed E-state index contributed by atoms with van der Waals surface area (Å²) >= 11 is 0. The zero-order valence-electron chi connectivity index (χ0n) is 13.1. The van der Waals surface area contributed by atoms with Gasteiger partial charge in [-0.05, 0) is 61.7 Å². The first kappa shape index (κ1) is 14.4. The van der Waals surface area contributed by atoms with Crippen molar-refractivity contribution >= 4 is 5.97 Å². The number of rotatable bonds is 3. The Morgan fingerprint density at radius 2 is 1.75 bits per heavy atom. The quantitative estimate of drug-likeness (QED) is 0.832. The number of aliphatic carboxylic acids is 1. The van der Waals surface area contributed by atoms with Gasteiger partial charge in [0.25, 0.3) is 0 Å². The summed E-state index contributed by atoms with van der Waals surface area (Å²) in [6.45, 7) is 7.38. The molecule has 0 amide bonds. The van der Waals surface area contributed by atoms with Crippen molar-refractivity contribution in [1.29, 1.82) is 0 Å². The number of hydrogen-bond donors (Lipinski definition) is 2. The minimum Gasteiger partial charge on any atom is -0.481 e. The molecule has 0 aromatic carbocycles. The molecule has 3 atom stereocenters. The lowest BCUT2D eigenvalue weighted by atomic mass is 9.69. The molecule has 3 heteroatoms. The van der Waals surface area contributed by atoms with Gasteiger partial charge in [0.05, 0.1) is 5.92 Å². The fourth-order valence-corrected chi connectivity index (χ4v) is 5.25. The lowest BCUT2D eigenvalue weighted by Crippen LogP contribution is -2.49. The Morgan fingerprint density at radius 1 is 1.10 bits per heavy atom. The highest BCUT2D eigenvalue weighted by atomic mass is 16.4. The van der Waals surface area contributed by atoms with Crippen molar-refractivity contribution in [3.8, 4) is 0 Å². The Bertz CT molecular complexity index is 398. The first-order chi connectivity index (χ1) is 9.34. The van der Waals surface area contributed by atoms with Gasteiger partial charge in [0.1, 0.15) is 0 Å². The van der Waals surface area contributed by atoms with E-state index in [1.54, 1.807) is 0 Å². The van der Waals surface area contributed by atoms with Crippen molar-refractivity contribution in [3.63, 3.8) is 0 Å². The molecule has 3 unspecified atom stereocenters. The van der Waals surface area contributed by atoms with Crippen LogP contribution >= 0.6 is 0 Å². The average Bonchev–Trinajstić information content (AvgIpc) is 2.72. The first-order valence-corrected chi connectivity index (χ1v) is 8.33. The molecule has 0 heterocycles. The molecule has 3 aliphatic rings. The van der Waals surface area contributed by atoms with Crippen LogP contribution in [0.3, 0.4) is 0 Å². The van der Waals surface area contributed by atoms with Gasteiger partial charge in [-0.1, -0.05) is 20.8 Å². The lowest BCUT2D eigenvalue weighted by Gasteiger charge is -2.42. The molecular formula is C17H29NO2. The van der Waals surface area contributed by atoms with Gasteiger partial charge in [-0.25, -0.2) is 0 Å². The minimum atomic E-state index is -0.600. The highest BCUT2D eigenvalue weighted by molar-refractivity contribution is 5.70. The van der Waals surface area contributed by atoms with E-state index < -0.39 is 5.97 Å². The Kier molecular flexibility index (Phi) is 3.39. The van der Waals surface area contributed by atoms with Crippen LogP contribution in [0, 0.1) is 22.7 Å². The van der Waals surface area contributed by atoms with E-state index in [0.717, 1.165) is 31.6 Å². The predicted octanol–water partition coefficient (Wildman–Crippen LogP) is 3.43. The molecule has 0 radical (unpaired) electrons. The summed E-state index contributed by atoms with van der Waals surface area (Å²) in [5, 5.41) is 13.0. The zero-order valence-corrected chi connectivity index (χ0v) is 13.1. The van der Waals surface area contributed by atoms with E-state index in [-0.39, 0.29) is 5.92 Å². The van der Waals surface area contributed by atoms with E-state index in [1.807, 2.05) is 0 Å². The van der Waals surface area contributed by atoms with Gasteiger partial charge in [0.15, 0.2) is 0 Å². The Morgan fingerprint density at radius 3 is 2.20 bits per heavy atom. The van der Waals surface area contributed by atoms with Gasteiger partial charge in [-0.15, -0.1) is 0 Å². The number of fused-ring (bicyclic) bond motifs is 2.